The molecule has 23 heavy (non-hydrogen) atoms. The monoisotopic (exact) mass is 301 g/mol. The van der Waals surface area contributed by atoms with Gasteiger partial charge in [-0.2, -0.15) is 0 Å². The molecule has 0 fully saturated rings. The molecule has 3 aromatic carbocycles. The quantitative estimate of drug-likeness (QED) is 0.765. The summed E-state index contributed by atoms with van der Waals surface area (Å²) in [5.41, 5.74) is 11.8. The molecule has 0 saturated carbocycles. The maximum Gasteiger partial charge on any atom is 0.249 e. The summed E-state index contributed by atoms with van der Waals surface area (Å²) in [7, 11) is 0. The molecule has 0 spiro atoms. The predicted molar refractivity (Wildman–Crippen MR) is 94.4 cm³/mol. The minimum Gasteiger partial charge on any atom is -0.366 e. The topological polar surface area (TPSA) is 43.1 Å². The number of amides is 1. The van der Waals surface area contributed by atoms with Crippen molar-refractivity contribution in [2.24, 2.45) is 5.73 Å². The van der Waals surface area contributed by atoms with E-state index in [4.69, 9.17) is 5.73 Å². The molecule has 0 aromatic heterocycles. The number of nitrogens with two attached hydrogens (primary N) is 1. The van der Waals surface area contributed by atoms with Crippen LogP contribution in [0.15, 0.2) is 72.8 Å². The molecule has 0 saturated heterocycles. The van der Waals surface area contributed by atoms with Gasteiger partial charge in [-0.15, -0.1) is 0 Å². The second-order valence-electron chi connectivity index (χ2n) is 5.67. The fourth-order valence-corrected chi connectivity index (χ4v) is 2.94. The normalized spacial score (nSPS) is 10.5. The van der Waals surface area contributed by atoms with Crippen LogP contribution in [0.2, 0.25) is 0 Å². The highest BCUT2D eigenvalue weighted by atomic mass is 16.1. The molecule has 0 unspecified atom stereocenters. The molecule has 0 aliphatic heterocycles. The van der Waals surface area contributed by atoms with Crippen LogP contribution in [0.25, 0.3) is 11.1 Å². The molecule has 0 aliphatic carbocycles. The third-order valence-electron chi connectivity index (χ3n) is 4.10. The highest BCUT2D eigenvalue weighted by Gasteiger charge is 2.15. The van der Waals surface area contributed by atoms with Gasteiger partial charge in [-0.1, -0.05) is 66.7 Å². The second-order valence-corrected chi connectivity index (χ2v) is 5.67. The molecule has 2 N–H and O–H groups in total. The predicted octanol–water partition coefficient (Wildman–Crippen LogP) is 4.35. The van der Waals surface area contributed by atoms with Gasteiger partial charge in [0.25, 0.3) is 0 Å². The molecule has 0 atom stereocenters. The number of primary amides is 1. The molecule has 2 nitrogen and oxygen atoms in total. The van der Waals surface area contributed by atoms with Crippen LogP contribution in [0, 0.1) is 6.92 Å². The lowest BCUT2D eigenvalue weighted by atomic mass is 9.89. The summed E-state index contributed by atoms with van der Waals surface area (Å²) in [5, 5.41) is 0. The number of hydrogen-bond donors (Lipinski definition) is 1. The number of benzene rings is 3. The van der Waals surface area contributed by atoms with E-state index >= 15 is 0 Å². The van der Waals surface area contributed by atoms with E-state index in [0.29, 0.717) is 12.0 Å². The lowest BCUT2D eigenvalue weighted by molar-refractivity contribution is 0.0999. The Balaban J connectivity index is 2.18. The minimum atomic E-state index is -0.383. The summed E-state index contributed by atoms with van der Waals surface area (Å²) in [5.74, 6) is -0.383. The Labute approximate surface area is 136 Å². The Kier molecular flexibility index (Phi) is 4.24. The van der Waals surface area contributed by atoms with E-state index in [9.17, 15) is 4.79 Å². The fourth-order valence-electron chi connectivity index (χ4n) is 2.94. The second kappa shape index (κ2) is 6.49. The first-order chi connectivity index (χ1) is 11.2. The third-order valence-corrected chi connectivity index (χ3v) is 4.10. The summed E-state index contributed by atoms with van der Waals surface area (Å²) in [6.45, 7) is 2.08. The zero-order chi connectivity index (χ0) is 16.2. The van der Waals surface area contributed by atoms with Crippen LogP contribution in [0.3, 0.4) is 0 Å². The SMILES string of the molecule is Cc1ccccc1-c1cccc(C(N)=O)c1Cc1ccccc1. The lowest BCUT2D eigenvalue weighted by Gasteiger charge is -2.15. The van der Waals surface area contributed by atoms with Gasteiger partial charge in [-0.3, -0.25) is 4.79 Å². The fraction of sp³-hybridized carbons (Fsp3) is 0.0952. The highest BCUT2D eigenvalue weighted by molar-refractivity contribution is 5.96. The number of carbonyl (C=O) groups excluding carboxylic acids is 1. The summed E-state index contributed by atoms with van der Waals surface area (Å²) in [6, 6.07) is 24.1. The van der Waals surface area contributed by atoms with Crippen LogP contribution < -0.4 is 5.73 Å². The summed E-state index contributed by atoms with van der Waals surface area (Å²) < 4.78 is 0. The van der Waals surface area contributed by atoms with E-state index in [-0.39, 0.29) is 5.91 Å². The number of hydrogen-bond acceptors (Lipinski definition) is 1. The first kappa shape index (κ1) is 15.0. The van der Waals surface area contributed by atoms with Crippen molar-refractivity contribution in [3.63, 3.8) is 0 Å². The van der Waals surface area contributed by atoms with E-state index in [2.05, 4.69) is 37.3 Å². The Morgan fingerprint density at radius 2 is 1.48 bits per heavy atom. The van der Waals surface area contributed by atoms with Crippen LogP contribution in [0.4, 0.5) is 0 Å². The van der Waals surface area contributed by atoms with Gasteiger partial charge in [0.15, 0.2) is 0 Å². The number of rotatable bonds is 4. The smallest absolute Gasteiger partial charge is 0.249 e. The van der Waals surface area contributed by atoms with Crippen LogP contribution in [-0.2, 0) is 6.42 Å². The number of aryl methyl sites for hydroxylation is 1. The first-order valence-corrected chi connectivity index (χ1v) is 7.68. The van der Waals surface area contributed by atoms with Crippen molar-refractivity contribution in [1.82, 2.24) is 0 Å². The van der Waals surface area contributed by atoms with Crippen molar-refractivity contribution in [2.45, 2.75) is 13.3 Å². The van der Waals surface area contributed by atoms with Gasteiger partial charge in [0.05, 0.1) is 0 Å². The largest absolute Gasteiger partial charge is 0.366 e. The molecule has 0 aliphatic rings. The van der Waals surface area contributed by atoms with Crippen molar-refractivity contribution in [1.29, 1.82) is 0 Å². The molecular weight excluding hydrogens is 282 g/mol. The van der Waals surface area contributed by atoms with Crippen LogP contribution in [0.1, 0.15) is 27.0 Å². The van der Waals surface area contributed by atoms with Crippen LogP contribution in [-0.4, -0.2) is 5.91 Å². The van der Waals surface area contributed by atoms with Crippen molar-refractivity contribution in [2.75, 3.05) is 0 Å². The zero-order valence-electron chi connectivity index (χ0n) is 13.1. The van der Waals surface area contributed by atoms with Gasteiger partial charge in [0, 0.05) is 5.56 Å². The Morgan fingerprint density at radius 3 is 2.17 bits per heavy atom. The summed E-state index contributed by atoms with van der Waals surface area (Å²) in [6.07, 6.45) is 0.684. The maximum absolute atomic E-state index is 11.9. The van der Waals surface area contributed by atoms with Gasteiger partial charge >= 0.3 is 0 Å². The van der Waals surface area contributed by atoms with Gasteiger partial charge in [-0.25, -0.2) is 0 Å². The molecule has 0 bridgehead atoms. The molecule has 3 rings (SSSR count). The number of carbonyl (C=O) groups is 1. The molecular formula is C21H19NO. The van der Waals surface area contributed by atoms with Gasteiger partial charge in [0.1, 0.15) is 0 Å². The van der Waals surface area contributed by atoms with E-state index in [1.807, 2.05) is 42.5 Å². The Hall–Kier alpha value is -2.87. The van der Waals surface area contributed by atoms with E-state index < -0.39 is 0 Å². The van der Waals surface area contributed by atoms with Crippen molar-refractivity contribution < 1.29 is 4.79 Å². The molecule has 114 valence electrons. The van der Waals surface area contributed by atoms with Crippen LogP contribution >= 0.6 is 0 Å². The van der Waals surface area contributed by atoms with E-state index in [1.165, 1.54) is 5.56 Å². The molecule has 2 heteroatoms. The van der Waals surface area contributed by atoms with Gasteiger partial charge < -0.3 is 5.73 Å². The minimum absolute atomic E-state index is 0.383. The average Bonchev–Trinajstić information content (AvgIpc) is 2.56. The lowest BCUT2D eigenvalue weighted by Crippen LogP contribution is -2.14. The van der Waals surface area contributed by atoms with E-state index in [0.717, 1.165) is 22.3 Å². The highest BCUT2D eigenvalue weighted by Crippen LogP contribution is 2.30. The Morgan fingerprint density at radius 1 is 0.826 bits per heavy atom. The third kappa shape index (κ3) is 3.16. The standard InChI is InChI=1S/C21H19NO/c1-15-8-5-6-11-17(15)18-12-7-13-19(21(22)23)20(18)14-16-9-3-2-4-10-16/h2-13H,14H2,1H3,(H2,22,23). The average molecular weight is 301 g/mol. The summed E-state index contributed by atoms with van der Waals surface area (Å²) >= 11 is 0. The maximum atomic E-state index is 11.9. The van der Waals surface area contributed by atoms with Crippen LogP contribution in [0.5, 0.6) is 0 Å². The molecule has 0 heterocycles. The van der Waals surface area contributed by atoms with Gasteiger partial charge in [0.2, 0.25) is 5.91 Å². The van der Waals surface area contributed by atoms with Crippen molar-refractivity contribution >= 4 is 5.91 Å². The van der Waals surface area contributed by atoms with E-state index in [1.54, 1.807) is 0 Å². The van der Waals surface area contributed by atoms with Gasteiger partial charge in [-0.05, 0) is 47.2 Å². The molecule has 0 radical (unpaired) electrons. The summed E-state index contributed by atoms with van der Waals surface area (Å²) in [4.78, 5) is 11.9. The first-order valence-electron chi connectivity index (χ1n) is 7.68. The van der Waals surface area contributed by atoms with Crippen molar-refractivity contribution in [3.05, 3.63) is 95.1 Å². The Bertz CT molecular complexity index is 837. The van der Waals surface area contributed by atoms with Crippen molar-refractivity contribution in [3.8, 4) is 11.1 Å². The molecule has 1 amide bonds. The molecule has 3 aromatic rings. The zero-order valence-corrected chi connectivity index (χ0v) is 13.1.